The Bertz CT molecular complexity index is 694. The predicted octanol–water partition coefficient (Wildman–Crippen LogP) is 3.87. The van der Waals surface area contributed by atoms with Crippen molar-refractivity contribution in [3.8, 4) is 0 Å². The zero-order chi connectivity index (χ0) is 14.0. The SMILES string of the molecule is Cc1ccc(S(=O)(=O)Nc2cccc(Br)c2C)cc1. The van der Waals surface area contributed by atoms with Gasteiger partial charge in [-0.25, -0.2) is 8.42 Å². The maximum absolute atomic E-state index is 12.2. The maximum atomic E-state index is 12.2. The lowest BCUT2D eigenvalue weighted by Crippen LogP contribution is -2.13. The van der Waals surface area contributed by atoms with Gasteiger partial charge in [0.25, 0.3) is 10.0 Å². The number of hydrogen-bond acceptors (Lipinski definition) is 2. The lowest BCUT2D eigenvalue weighted by molar-refractivity contribution is 0.601. The molecule has 2 aromatic rings. The summed E-state index contributed by atoms with van der Waals surface area (Å²) in [5, 5.41) is 0. The standard InChI is InChI=1S/C14H14BrNO2S/c1-10-6-8-12(9-7-10)19(17,18)16-14-5-3-4-13(15)11(14)2/h3-9,16H,1-2H3. The molecule has 0 fully saturated rings. The normalized spacial score (nSPS) is 11.3. The highest BCUT2D eigenvalue weighted by Gasteiger charge is 2.15. The summed E-state index contributed by atoms with van der Waals surface area (Å²) in [6.45, 7) is 3.78. The van der Waals surface area contributed by atoms with Gasteiger partial charge in [0.15, 0.2) is 0 Å². The summed E-state index contributed by atoms with van der Waals surface area (Å²) in [7, 11) is -3.54. The monoisotopic (exact) mass is 339 g/mol. The first-order chi connectivity index (χ1) is 8.90. The molecule has 0 aliphatic rings. The number of nitrogens with one attached hydrogen (secondary N) is 1. The Kier molecular flexibility index (Phi) is 3.96. The molecule has 0 saturated heterocycles. The fraction of sp³-hybridized carbons (Fsp3) is 0.143. The van der Waals surface area contributed by atoms with Crippen LogP contribution in [0.2, 0.25) is 0 Å². The van der Waals surface area contributed by atoms with Gasteiger partial charge in [0.2, 0.25) is 0 Å². The molecule has 0 bridgehead atoms. The molecule has 3 nitrogen and oxygen atoms in total. The molecule has 0 radical (unpaired) electrons. The third kappa shape index (κ3) is 3.16. The van der Waals surface area contributed by atoms with Gasteiger partial charge in [0, 0.05) is 4.47 Å². The van der Waals surface area contributed by atoms with Crippen LogP contribution in [0.3, 0.4) is 0 Å². The Labute approximate surface area is 121 Å². The van der Waals surface area contributed by atoms with Crippen molar-refractivity contribution in [3.05, 3.63) is 58.1 Å². The predicted molar refractivity (Wildman–Crippen MR) is 80.9 cm³/mol. The zero-order valence-electron chi connectivity index (χ0n) is 10.6. The third-order valence-corrected chi connectivity index (χ3v) is 5.08. The number of sulfonamides is 1. The molecule has 0 atom stereocenters. The zero-order valence-corrected chi connectivity index (χ0v) is 13.0. The lowest BCUT2D eigenvalue weighted by atomic mass is 10.2. The van der Waals surface area contributed by atoms with E-state index in [1.54, 1.807) is 36.4 Å². The van der Waals surface area contributed by atoms with Gasteiger partial charge in [0.1, 0.15) is 0 Å². The smallest absolute Gasteiger partial charge is 0.261 e. The van der Waals surface area contributed by atoms with Crippen LogP contribution in [-0.4, -0.2) is 8.42 Å². The van der Waals surface area contributed by atoms with Crippen LogP contribution < -0.4 is 4.72 Å². The second kappa shape index (κ2) is 5.35. The molecule has 2 aromatic carbocycles. The minimum Gasteiger partial charge on any atom is -0.279 e. The van der Waals surface area contributed by atoms with E-state index in [-0.39, 0.29) is 4.90 Å². The summed E-state index contributed by atoms with van der Waals surface area (Å²) >= 11 is 3.38. The Balaban J connectivity index is 2.36. The van der Waals surface area contributed by atoms with Gasteiger partial charge in [-0.2, -0.15) is 0 Å². The van der Waals surface area contributed by atoms with E-state index >= 15 is 0 Å². The first-order valence-electron chi connectivity index (χ1n) is 5.75. The molecule has 0 aliphatic heterocycles. The van der Waals surface area contributed by atoms with Gasteiger partial charge in [-0.1, -0.05) is 39.7 Å². The van der Waals surface area contributed by atoms with Gasteiger partial charge < -0.3 is 0 Å². The van der Waals surface area contributed by atoms with Crippen LogP contribution in [0.4, 0.5) is 5.69 Å². The highest BCUT2D eigenvalue weighted by molar-refractivity contribution is 9.10. The third-order valence-electron chi connectivity index (χ3n) is 2.84. The summed E-state index contributed by atoms with van der Waals surface area (Å²) in [4.78, 5) is 0.262. The topological polar surface area (TPSA) is 46.2 Å². The number of halogens is 1. The lowest BCUT2D eigenvalue weighted by Gasteiger charge is -2.11. The van der Waals surface area contributed by atoms with Crippen molar-refractivity contribution in [2.24, 2.45) is 0 Å². The minimum absolute atomic E-state index is 0.262. The molecule has 0 aromatic heterocycles. The summed E-state index contributed by atoms with van der Waals surface area (Å²) < 4.78 is 28.0. The molecule has 0 unspecified atom stereocenters. The molecule has 0 saturated carbocycles. The van der Waals surface area contributed by atoms with E-state index in [1.165, 1.54) is 0 Å². The number of anilines is 1. The molecule has 0 heterocycles. The Morgan fingerprint density at radius 2 is 1.63 bits per heavy atom. The van der Waals surface area contributed by atoms with E-state index in [0.717, 1.165) is 15.6 Å². The Hall–Kier alpha value is -1.33. The molecular weight excluding hydrogens is 326 g/mol. The molecule has 1 N–H and O–H groups in total. The van der Waals surface area contributed by atoms with Crippen LogP contribution in [0, 0.1) is 13.8 Å². The van der Waals surface area contributed by atoms with Crippen molar-refractivity contribution in [1.82, 2.24) is 0 Å². The average Bonchev–Trinajstić information content (AvgIpc) is 2.35. The van der Waals surface area contributed by atoms with E-state index in [2.05, 4.69) is 20.7 Å². The quantitative estimate of drug-likeness (QED) is 0.922. The Morgan fingerprint density at radius 1 is 1.00 bits per heavy atom. The van der Waals surface area contributed by atoms with Crippen LogP contribution in [0.25, 0.3) is 0 Å². The van der Waals surface area contributed by atoms with E-state index in [1.807, 2.05) is 19.9 Å². The van der Waals surface area contributed by atoms with Crippen molar-refractivity contribution >= 4 is 31.6 Å². The first-order valence-corrected chi connectivity index (χ1v) is 8.02. The second-order valence-electron chi connectivity index (χ2n) is 4.33. The van der Waals surface area contributed by atoms with Crippen molar-refractivity contribution in [1.29, 1.82) is 0 Å². The largest absolute Gasteiger partial charge is 0.279 e. The summed E-state index contributed by atoms with van der Waals surface area (Å²) in [5.41, 5.74) is 2.46. The van der Waals surface area contributed by atoms with Crippen LogP contribution in [0.5, 0.6) is 0 Å². The highest BCUT2D eigenvalue weighted by Crippen LogP contribution is 2.25. The molecule has 2 rings (SSSR count). The Morgan fingerprint density at radius 3 is 2.26 bits per heavy atom. The van der Waals surface area contributed by atoms with Crippen molar-refractivity contribution < 1.29 is 8.42 Å². The number of aryl methyl sites for hydroxylation is 1. The van der Waals surface area contributed by atoms with Crippen LogP contribution in [-0.2, 0) is 10.0 Å². The molecular formula is C14H14BrNO2S. The van der Waals surface area contributed by atoms with Gasteiger partial charge >= 0.3 is 0 Å². The second-order valence-corrected chi connectivity index (χ2v) is 6.87. The van der Waals surface area contributed by atoms with Gasteiger partial charge in [-0.05, 0) is 43.7 Å². The van der Waals surface area contributed by atoms with Crippen LogP contribution in [0.15, 0.2) is 51.8 Å². The average molecular weight is 340 g/mol. The fourth-order valence-corrected chi connectivity index (χ4v) is 3.13. The van der Waals surface area contributed by atoms with E-state index in [9.17, 15) is 8.42 Å². The van der Waals surface area contributed by atoms with Crippen LogP contribution >= 0.6 is 15.9 Å². The summed E-state index contributed by atoms with van der Waals surface area (Å²) in [5.74, 6) is 0. The van der Waals surface area contributed by atoms with Crippen molar-refractivity contribution in [2.75, 3.05) is 4.72 Å². The molecule has 0 amide bonds. The van der Waals surface area contributed by atoms with Crippen LogP contribution in [0.1, 0.15) is 11.1 Å². The molecule has 0 spiro atoms. The van der Waals surface area contributed by atoms with E-state index in [4.69, 9.17) is 0 Å². The minimum atomic E-state index is -3.54. The fourth-order valence-electron chi connectivity index (χ4n) is 1.64. The number of benzene rings is 2. The maximum Gasteiger partial charge on any atom is 0.261 e. The van der Waals surface area contributed by atoms with Crippen molar-refractivity contribution in [2.45, 2.75) is 18.7 Å². The summed E-state index contributed by atoms with van der Waals surface area (Å²) in [6.07, 6.45) is 0. The molecule has 5 heteroatoms. The summed E-state index contributed by atoms with van der Waals surface area (Å²) in [6, 6.07) is 12.2. The molecule has 100 valence electrons. The highest BCUT2D eigenvalue weighted by atomic mass is 79.9. The number of hydrogen-bond donors (Lipinski definition) is 1. The van der Waals surface area contributed by atoms with E-state index in [0.29, 0.717) is 5.69 Å². The van der Waals surface area contributed by atoms with Gasteiger partial charge in [-0.15, -0.1) is 0 Å². The molecule has 0 aliphatic carbocycles. The molecule has 19 heavy (non-hydrogen) atoms. The van der Waals surface area contributed by atoms with E-state index < -0.39 is 10.0 Å². The van der Waals surface area contributed by atoms with Crippen molar-refractivity contribution in [3.63, 3.8) is 0 Å². The number of rotatable bonds is 3. The van der Waals surface area contributed by atoms with Gasteiger partial charge in [0.05, 0.1) is 10.6 Å². The van der Waals surface area contributed by atoms with Gasteiger partial charge in [-0.3, -0.25) is 4.72 Å². The first kappa shape index (κ1) is 14.1.